The van der Waals surface area contributed by atoms with E-state index in [1.54, 1.807) is 0 Å². The molecule has 0 radical (unpaired) electrons. The molecule has 0 atom stereocenters. The van der Waals surface area contributed by atoms with Gasteiger partial charge in [-0.1, -0.05) is 0 Å². The number of nitrogens with zero attached hydrogens (tertiary/aromatic N) is 2. The second-order valence-electron chi connectivity index (χ2n) is 5.20. The normalized spacial score (nSPS) is 15.9. The second-order valence-corrected chi connectivity index (χ2v) is 7.10. The molecule has 1 aromatic rings. The fourth-order valence-electron chi connectivity index (χ4n) is 2.36. The topological polar surface area (TPSA) is 108 Å². The zero-order chi connectivity index (χ0) is 16.5. The predicted molar refractivity (Wildman–Crippen MR) is 76.0 cm³/mol. The van der Waals surface area contributed by atoms with Gasteiger partial charge in [-0.15, -0.1) is 0 Å². The van der Waals surface area contributed by atoms with Gasteiger partial charge in [-0.25, -0.2) is 8.42 Å². The first-order valence-electron chi connectivity index (χ1n) is 6.81. The Bertz CT molecular complexity index is 687. The summed E-state index contributed by atoms with van der Waals surface area (Å²) in [7, 11) is -2.37. The van der Waals surface area contributed by atoms with Gasteiger partial charge in [-0.05, 0) is 19.8 Å². The summed E-state index contributed by atoms with van der Waals surface area (Å²) < 4.78 is 31.6. The molecule has 1 N–H and O–H groups in total. The van der Waals surface area contributed by atoms with Gasteiger partial charge in [0.05, 0.1) is 0 Å². The highest BCUT2D eigenvalue weighted by Gasteiger charge is 2.32. The van der Waals surface area contributed by atoms with Crippen LogP contribution in [-0.2, 0) is 14.8 Å². The van der Waals surface area contributed by atoms with Crippen molar-refractivity contribution in [3.63, 3.8) is 0 Å². The van der Waals surface area contributed by atoms with Crippen molar-refractivity contribution in [3.8, 4) is 0 Å². The van der Waals surface area contributed by atoms with Crippen LogP contribution in [0.5, 0.6) is 0 Å². The van der Waals surface area contributed by atoms with Crippen LogP contribution in [0.25, 0.3) is 0 Å². The van der Waals surface area contributed by atoms with Crippen LogP contribution in [0.2, 0.25) is 0 Å². The van der Waals surface area contributed by atoms with Crippen LogP contribution in [0.3, 0.4) is 0 Å². The molecule has 0 spiro atoms. The summed E-state index contributed by atoms with van der Waals surface area (Å²) in [6.45, 7) is 1.88. The molecule has 2 heterocycles. The molecule has 2 rings (SSSR count). The van der Waals surface area contributed by atoms with Crippen molar-refractivity contribution in [2.45, 2.75) is 24.7 Å². The average Bonchev–Trinajstić information content (AvgIpc) is 3.06. The monoisotopic (exact) mass is 330 g/mol. The van der Waals surface area contributed by atoms with Crippen molar-refractivity contribution < 1.29 is 27.5 Å². The highest BCUT2D eigenvalue weighted by molar-refractivity contribution is 7.89. The van der Waals surface area contributed by atoms with Crippen molar-refractivity contribution in [2.24, 2.45) is 0 Å². The molecule has 0 saturated carbocycles. The van der Waals surface area contributed by atoms with Crippen molar-refractivity contribution in [1.29, 1.82) is 0 Å². The van der Waals surface area contributed by atoms with Gasteiger partial charge in [0.1, 0.15) is 17.2 Å². The molecule has 1 aliphatic rings. The molecule has 1 aliphatic heterocycles. The number of likely N-dealkylation sites (N-methyl/N-ethyl adjacent to an activating group) is 1. The Kier molecular flexibility index (Phi) is 4.57. The number of aryl methyl sites for hydroxylation is 1. The van der Waals surface area contributed by atoms with Gasteiger partial charge < -0.3 is 14.4 Å². The Hall–Kier alpha value is -1.87. The molecule has 9 heteroatoms. The Morgan fingerprint density at radius 1 is 1.36 bits per heavy atom. The fourth-order valence-corrected chi connectivity index (χ4v) is 4.04. The number of rotatable bonds is 5. The van der Waals surface area contributed by atoms with Crippen molar-refractivity contribution >= 4 is 21.9 Å². The van der Waals surface area contributed by atoms with Gasteiger partial charge in [0.2, 0.25) is 10.0 Å². The maximum atomic E-state index is 12.5. The quantitative estimate of drug-likeness (QED) is 0.843. The molecule has 0 aliphatic carbocycles. The molecular formula is C13H18N2O6S. The molecule has 122 valence electrons. The minimum absolute atomic E-state index is 0.0403. The molecule has 0 bridgehead atoms. The second kappa shape index (κ2) is 6.09. The van der Waals surface area contributed by atoms with E-state index < -0.39 is 28.4 Å². The van der Waals surface area contributed by atoms with E-state index in [1.807, 2.05) is 0 Å². The summed E-state index contributed by atoms with van der Waals surface area (Å²) in [5, 5.41) is 8.69. The maximum absolute atomic E-state index is 12.5. The van der Waals surface area contributed by atoms with Crippen LogP contribution >= 0.6 is 0 Å². The number of hydrogen-bond acceptors (Lipinski definition) is 5. The molecule has 8 nitrogen and oxygen atoms in total. The molecule has 22 heavy (non-hydrogen) atoms. The zero-order valence-electron chi connectivity index (χ0n) is 12.4. The lowest BCUT2D eigenvalue weighted by Crippen LogP contribution is -2.31. The number of hydrogen-bond donors (Lipinski definition) is 1. The van der Waals surface area contributed by atoms with Crippen LogP contribution in [0.4, 0.5) is 0 Å². The maximum Gasteiger partial charge on any atom is 0.323 e. The summed E-state index contributed by atoms with van der Waals surface area (Å²) in [5.41, 5.74) is 0. The molecule has 1 amide bonds. The third kappa shape index (κ3) is 3.14. The zero-order valence-corrected chi connectivity index (χ0v) is 13.2. The number of carbonyl (C=O) groups is 2. The van der Waals surface area contributed by atoms with Crippen LogP contribution < -0.4 is 0 Å². The number of carboxylic acids is 1. The van der Waals surface area contributed by atoms with Crippen LogP contribution in [-0.4, -0.2) is 61.3 Å². The van der Waals surface area contributed by atoms with E-state index in [-0.39, 0.29) is 16.4 Å². The lowest BCUT2D eigenvalue weighted by atomic mass is 10.4. The van der Waals surface area contributed by atoms with E-state index in [0.29, 0.717) is 13.1 Å². The lowest BCUT2D eigenvalue weighted by molar-refractivity contribution is -0.137. The largest absolute Gasteiger partial charge is 0.480 e. The van der Waals surface area contributed by atoms with Gasteiger partial charge in [0.15, 0.2) is 5.76 Å². The van der Waals surface area contributed by atoms with Crippen molar-refractivity contribution in [1.82, 2.24) is 9.21 Å². The van der Waals surface area contributed by atoms with Crippen LogP contribution in [0, 0.1) is 6.92 Å². The first-order valence-corrected chi connectivity index (χ1v) is 8.25. The standard InChI is InChI=1S/C13H18N2O6S/c1-9-11(22(19,20)15-5-3-4-6-15)7-10(21-9)13(18)14(2)8-12(16)17/h7H,3-6,8H2,1-2H3,(H,16,17). The summed E-state index contributed by atoms with van der Waals surface area (Å²) >= 11 is 0. The third-order valence-corrected chi connectivity index (χ3v) is 5.49. The highest BCUT2D eigenvalue weighted by Crippen LogP contribution is 2.26. The van der Waals surface area contributed by atoms with Crippen molar-refractivity contribution in [2.75, 3.05) is 26.7 Å². The first kappa shape index (κ1) is 16.5. The van der Waals surface area contributed by atoms with Crippen LogP contribution in [0.15, 0.2) is 15.4 Å². The molecule has 1 saturated heterocycles. The van der Waals surface area contributed by atoms with E-state index in [0.717, 1.165) is 17.7 Å². The number of carboxylic acid groups (broad SMARTS) is 1. The summed E-state index contributed by atoms with van der Waals surface area (Å²) in [4.78, 5) is 23.6. The van der Waals surface area contributed by atoms with Gasteiger partial charge in [-0.3, -0.25) is 9.59 Å². The fraction of sp³-hybridized carbons (Fsp3) is 0.538. The SMILES string of the molecule is Cc1oc(C(=O)N(C)CC(=O)O)cc1S(=O)(=O)N1CCCC1. The first-order chi connectivity index (χ1) is 10.2. The Balaban J connectivity index is 2.28. The molecule has 0 aromatic carbocycles. The molecule has 1 aromatic heterocycles. The minimum Gasteiger partial charge on any atom is -0.480 e. The van der Waals surface area contributed by atoms with E-state index in [1.165, 1.54) is 24.3 Å². The Morgan fingerprint density at radius 2 is 1.95 bits per heavy atom. The predicted octanol–water partition coefficient (Wildman–Crippen LogP) is 0.529. The summed E-state index contributed by atoms with van der Waals surface area (Å²) in [5.74, 6) is -1.89. The molecule has 1 fully saturated rings. The highest BCUT2D eigenvalue weighted by atomic mass is 32.2. The number of furan rings is 1. The van der Waals surface area contributed by atoms with E-state index in [2.05, 4.69) is 0 Å². The van der Waals surface area contributed by atoms with E-state index in [9.17, 15) is 18.0 Å². The van der Waals surface area contributed by atoms with Crippen molar-refractivity contribution in [3.05, 3.63) is 17.6 Å². The van der Waals surface area contributed by atoms with Gasteiger partial charge >= 0.3 is 5.97 Å². The average molecular weight is 330 g/mol. The Morgan fingerprint density at radius 3 is 2.50 bits per heavy atom. The number of carbonyl (C=O) groups excluding carboxylic acids is 1. The van der Waals surface area contributed by atoms with Gasteiger partial charge in [0, 0.05) is 26.2 Å². The van der Waals surface area contributed by atoms with Gasteiger partial charge in [0.25, 0.3) is 5.91 Å². The minimum atomic E-state index is -3.68. The number of amides is 1. The third-order valence-electron chi connectivity index (χ3n) is 3.48. The molecular weight excluding hydrogens is 312 g/mol. The number of aliphatic carboxylic acids is 1. The smallest absolute Gasteiger partial charge is 0.323 e. The van der Waals surface area contributed by atoms with Crippen LogP contribution in [0.1, 0.15) is 29.2 Å². The van der Waals surface area contributed by atoms with E-state index >= 15 is 0 Å². The summed E-state index contributed by atoms with van der Waals surface area (Å²) in [6, 6.07) is 1.17. The summed E-state index contributed by atoms with van der Waals surface area (Å²) in [6.07, 6.45) is 1.62. The number of sulfonamides is 1. The Labute approximate surface area is 128 Å². The lowest BCUT2D eigenvalue weighted by Gasteiger charge is -2.14. The molecule has 0 unspecified atom stereocenters. The van der Waals surface area contributed by atoms with Gasteiger partial charge in [-0.2, -0.15) is 4.31 Å². The van der Waals surface area contributed by atoms with E-state index in [4.69, 9.17) is 9.52 Å².